The molecule has 3 N–H and O–H groups in total. The fourth-order valence-corrected chi connectivity index (χ4v) is 2.19. The summed E-state index contributed by atoms with van der Waals surface area (Å²) in [7, 11) is 0. The van der Waals surface area contributed by atoms with Crippen molar-refractivity contribution in [3.8, 4) is 5.69 Å². The molecule has 0 atom stereocenters. The third-order valence-electron chi connectivity index (χ3n) is 3.12. The molecule has 0 saturated heterocycles. The highest BCUT2D eigenvalue weighted by Crippen LogP contribution is 2.20. The molecule has 2 aromatic carbocycles. The third kappa shape index (κ3) is 1.98. The van der Waals surface area contributed by atoms with Crippen molar-refractivity contribution >= 4 is 16.7 Å². The summed E-state index contributed by atoms with van der Waals surface area (Å²) >= 11 is 0. The second-order valence-corrected chi connectivity index (χ2v) is 4.27. The Bertz CT molecular complexity index is 746. The van der Waals surface area contributed by atoms with Crippen LogP contribution < -0.4 is 11.3 Å². The standard InChI is InChI=1S/C15H13N3O/c16-17-15(19)14-6-3-9-18(14)13-8-7-11-4-1-2-5-12(11)10-13/h1-10H,16H2,(H,17,19). The van der Waals surface area contributed by atoms with Crippen molar-refractivity contribution in [1.82, 2.24) is 9.99 Å². The summed E-state index contributed by atoms with van der Waals surface area (Å²) < 4.78 is 1.81. The van der Waals surface area contributed by atoms with E-state index in [1.165, 1.54) is 5.39 Å². The second-order valence-electron chi connectivity index (χ2n) is 4.27. The van der Waals surface area contributed by atoms with Crippen LogP contribution in [0.4, 0.5) is 0 Å². The molecule has 0 saturated carbocycles. The van der Waals surface area contributed by atoms with E-state index in [1.807, 2.05) is 53.2 Å². The predicted octanol–water partition coefficient (Wildman–Crippen LogP) is 2.23. The van der Waals surface area contributed by atoms with Crippen molar-refractivity contribution in [2.75, 3.05) is 0 Å². The lowest BCUT2D eigenvalue weighted by molar-refractivity contribution is 0.0947. The Morgan fingerprint density at radius 2 is 1.79 bits per heavy atom. The number of benzene rings is 2. The first-order valence-electron chi connectivity index (χ1n) is 5.97. The number of amides is 1. The highest BCUT2D eigenvalue weighted by atomic mass is 16.2. The van der Waals surface area contributed by atoms with Gasteiger partial charge < -0.3 is 4.57 Å². The SMILES string of the molecule is NNC(=O)c1cccn1-c1ccc2ccccc2c1. The molecule has 4 heteroatoms. The van der Waals surface area contributed by atoms with Gasteiger partial charge in [-0.3, -0.25) is 10.2 Å². The number of nitrogen functional groups attached to an aromatic ring is 1. The minimum atomic E-state index is -0.307. The zero-order chi connectivity index (χ0) is 13.2. The highest BCUT2D eigenvalue weighted by molar-refractivity contribution is 5.93. The summed E-state index contributed by atoms with van der Waals surface area (Å²) in [4.78, 5) is 11.7. The summed E-state index contributed by atoms with van der Waals surface area (Å²) in [5, 5.41) is 2.30. The van der Waals surface area contributed by atoms with E-state index in [0.29, 0.717) is 5.69 Å². The minimum absolute atomic E-state index is 0.307. The fraction of sp³-hybridized carbons (Fsp3) is 0. The van der Waals surface area contributed by atoms with Crippen molar-refractivity contribution < 1.29 is 4.79 Å². The number of carbonyl (C=O) groups is 1. The number of fused-ring (bicyclic) bond motifs is 1. The van der Waals surface area contributed by atoms with Crippen molar-refractivity contribution in [3.63, 3.8) is 0 Å². The molecule has 0 aliphatic heterocycles. The van der Waals surface area contributed by atoms with Crippen LogP contribution in [0, 0.1) is 0 Å². The Hall–Kier alpha value is -2.59. The molecule has 1 heterocycles. The van der Waals surface area contributed by atoms with Crippen LogP contribution >= 0.6 is 0 Å². The zero-order valence-corrected chi connectivity index (χ0v) is 10.2. The molecule has 0 radical (unpaired) electrons. The van der Waals surface area contributed by atoms with Crippen molar-refractivity contribution in [1.29, 1.82) is 0 Å². The first-order chi connectivity index (χ1) is 9.29. The number of nitrogens with zero attached hydrogens (tertiary/aromatic N) is 1. The van der Waals surface area contributed by atoms with Crippen LogP contribution in [0.25, 0.3) is 16.5 Å². The molecule has 19 heavy (non-hydrogen) atoms. The largest absolute Gasteiger partial charge is 0.312 e. The first-order valence-corrected chi connectivity index (χ1v) is 5.97. The molecule has 0 spiro atoms. The van der Waals surface area contributed by atoms with E-state index in [-0.39, 0.29) is 5.91 Å². The Balaban J connectivity index is 2.14. The summed E-state index contributed by atoms with van der Waals surface area (Å²) in [5.41, 5.74) is 3.60. The highest BCUT2D eigenvalue weighted by Gasteiger charge is 2.10. The number of nitrogens with one attached hydrogen (secondary N) is 1. The molecule has 1 amide bonds. The van der Waals surface area contributed by atoms with Crippen molar-refractivity contribution in [2.24, 2.45) is 5.84 Å². The maximum absolute atomic E-state index is 11.7. The average Bonchev–Trinajstić information content (AvgIpc) is 2.95. The van der Waals surface area contributed by atoms with Gasteiger partial charge in [-0.1, -0.05) is 30.3 Å². The van der Waals surface area contributed by atoms with Gasteiger partial charge >= 0.3 is 0 Å². The Morgan fingerprint density at radius 3 is 2.58 bits per heavy atom. The van der Waals surface area contributed by atoms with E-state index in [9.17, 15) is 4.79 Å². The molecule has 0 aliphatic carbocycles. The Morgan fingerprint density at radius 1 is 1.00 bits per heavy atom. The van der Waals surface area contributed by atoms with Crippen LogP contribution in [0.15, 0.2) is 60.8 Å². The van der Waals surface area contributed by atoms with E-state index in [1.54, 1.807) is 6.07 Å². The number of carbonyl (C=O) groups excluding carboxylic acids is 1. The average molecular weight is 251 g/mol. The lowest BCUT2D eigenvalue weighted by Gasteiger charge is -2.09. The first kappa shape index (κ1) is 11.5. The molecule has 3 aromatic rings. The van der Waals surface area contributed by atoms with Gasteiger partial charge in [-0.15, -0.1) is 0 Å². The molecular weight excluding hydrogens is 238 g/mol. The maximum Gasteiger partial charge on any atom is 0.282 e. The van der Waals surface area contributed by atoms with Crippen molar-refractivity contribution in [3.05, 3.63) is 66.5 Å². The van der Waals surface area contributed by atoms with Gasteiger partial charge in [0, 0.05) is 11.9 Å². The third-order valence-corrected chi connectivity index (χ3v) is 3.12. The molecule has 0 unspecified atom stereocenters. The summed E-state index contributed by atoms with van der Waals surface area (Å²) in [6, 6.07) is 17.7. The number of hydrogen-bond donors (Lipinski definition) is 2. The van der Waals surface area contributed by atoms with E-state index in [2.05, 4.69) is 11.5 Å². The van der Waals surface area contributed by atoms with E-state index >= 15 is 0 Å². The van der Waals surface area contributed by atoms with E-state index < -0.39 is 0 Å². The summed E-state index contributed by atoms with van der Waals surface area (Å²) in [6.45, 7) is 0. The number of aromatic nitrogens is 1. The van der Waals surface area contributed by atoms with Crippen LogP contribution in [0.3, 0.4) is 0 Å². The number of rotatable bonds is 2. The van der Waals surface area contributed by atoms with Gasteiger partial charge in [-0.2, -0.15) is 0 Å². The molecule has 0 aliphatic rings. The normalized spacial score (nSPS) is 10.6. The lowest BCUT2D eigenvalue weighted by atomic mass is 10.1. The summed E-state index contributed by atoms with van der Waals surface area (Å²) in [6.07, 6.45) is 1.84. The van der Waals surface area contributed by atoms with Gasteiger partial charge in [-0.25, -0.2) is 5.84 Å². The molecule has 3 rings (SSSR count). The smallest absolute Gasteiger partial charge is 0.282 e. The maximum atomic E-state index is 11.7. The fourth-order valence-electron chi connectivity index (χ4n) is 2.19. The van der Waals surface area contributed by atoms with E-state index in [4.69, 9.17) is 5.84 Å². The van der Waals surface area contributed by atoms with Crippen molar-refractivity contribution in [2.45, 2.75) is 0 Å². The van der Waals surface area contributed by atoms with Crippen LogP contribution in [0.5, 0.6) is 0 Å². The van der Waals surface area contributed by atoms with Crippen LogP contribution in [0.2, 0.25) is 0 Å². The van der Waals surface area contributed by atoms with Crippen LogP contribution in [-0.2, 0) is 0 Å². The number of hydrogen-bond acceptors (Lipinski definition) is 2. The van der Waals surface area contributed by atoms with Gasteiger partial charge in [0.2, 0.25) is 0 Å². The number of nitrogens with two attached hydrogens (primary N) is 1. The lowest BCUT2D eigenvalue weighted by Crippen LogP contribution is -2.31. The van der Waals surface area contributed by atoms with Crippen LogP contribution in [-0.4, -0.2) is 10.5 Å². The minimum Gasteiger partial charge on any atom is -0.312 e. The Kier molecular flexibility index (Phi) is 2.78. The quantitative estimate of drug-likeness (QED) is 0.417. The summed E-state index contributed by atoms with van der Waals surface area (Å²) in [5.74, 6) is 4.88. The molecule has 1 aromatic heterocycles. The molecular formula is C15H13N3O. The molecule has 0 fully saturated rings. The molecule has 0 bridgehead atoms. The zero-order valence-electron chi connectivity index (χ0n) is 10.2. The molecule has 4 nitrogen and oxygen atoms in total. The van der Waals surface area contributed by atoms with Crippen LogP contribution in [0.1, 0.15) is 10.5 Å². The van der Waals surface area contributed by atoms with Gasteiger partial charge in [0.15, 0.2) is 0 Å². The van der Waals surface area contributed by atoms with Gasteiger partial charge in [0.05, 0.1) is 0 Å². The monoisotopic (exact) mass is 251 g/mol. The second kappa shape index (κ2) is 4.59. The number of hydrazine groups is 1. The predicted molar refractivity (Wildman–Crippen MR) is 74.9 cm³/mol. The Labute approximate surface area is 110 Å². The van der Waals surface area contributed by atoms with Gasteiger partial charge in [0.25, 0.3) is 5.91 Å². The topological polar surface area (TPSA) is 60.0 Å². The van der Waals surface area contributed by atoms with Gasteiger partial charge in [-0.05, 0) is 35.0 Å². The molecule has 94 valence electrons. The van der Waals surface area contributed by atoms with E-state index in [0.717, 1.165) is 11.1 Å². The van der Waals surface area contributed by atoms with Gasteiger partial charge in [0.1, 0.15) is 5.69 Å².